The molecule has 28 heavy (non-hydrogen) atoms. The van der Waals surface area contributed by atoms with Gasteiger partial charge in [-0.1, -0.05) is 60.9 Å². The topological polar surface area (TPSA) is 67.8 Å². The van der Waals surface area contributed by atoms with E-state index in [0.29, 0.717) is 17.4 Å². The first kappa shape index (κ1) is 19.2. The third-order valence-corrected chi connectivity index (χ3v) is 7.08. The molecule has 0 saturated heterocycles. The molecule has 6 heteroatoms. The summed E-state index contributed by atoms with van der Waals surface area (Å²) in [5.74, 6) is 0.688. The maximum absolute atomic E-state index is 12.9. The van der Waals surface area contributed by atoms with Crippen LogP contribution in [0, 0.1) is 12.8 Å². The van der Waals surface area contributed by atoms with Gasteiger partial charge in [0, 0.05) is 6.04 Å². The first-order valence-corrected chi connectivity index (χ1v) is 11.4. The summed E-state index contributed by atoms with van der Waals surface area (Å²) >= 11 is 0. The summed E-state index contributed by atoms with van der Waals surface area (Å²) < 4.78 is 34.6. The lowest BCUT2D eigenvalue weighted by molar-refractivity contribution is 0.263. The number of nitrogens with one attached hydrogen (secondary N) is 1. The van der Waals surface area contributed by atoms with Gasteiger partial charge in [0.25, 0.3) is 0 Å². The van der Waals surface area contributed by atoms with Gasteiger partial charge in [0.1, 0.15) is 12.6 Å². The largest absolute Gasteiger partial charge is 0.478 e. The second-order valence-electron chi connectivity index (χ2n) is 7.64. The van der Waals surface area contributed by atoms with Gasteiger partial charge in [-0.15, -0.1) is 0 Å². The Balaban J connectivity index is 1.53. The van der Waals surface area contributed by atoms with Crippen LogP contribution >= 0.6 is 0 Å². The Morgan fingerprint density at radius 2 is 1.71 bits per heavy atom. The third-order valence-electron chi connectivity index (χ3n) is 5.58. The number of nitrogens with zero attached hydrogens (tertiary/aromatic N) is 1. The maximum Gasteiger partial charge on any atom is 0.240 e. The average Bonchev–Trinajstić information content (AvgIpc) is 3.19. The molecule has 1 N–H and O–H groups in total. The molecule has 0 bridgehead atoms. The summed E-state index contributed by atoms with van der Waals surface area (Å²) in [4.78, 5) is 5.11. The fraction of sp³-hybridized carbons (Fsp3) is 0.409. The lowest BCUT2D eigenvalue weighted by Gasteiger charge is -2.31. The number of ether oxygens (including phenoxy) is 1. The lowest BCUT2D eigenvalue weighted by atomic mass is 9.85. The quantitative estimate of drug-likeness (QED) is 0.828. The molecule has 0 amide bonds. The zero-order chi connectivity index (χ0) is 19.6. The molecule has 0 aromatic heterocycles. The highest BCUT2D eigenvalue weighted by molar-refractivity contribution is 7.89. The minimum atomic E-state index is -3.57. The summed E-state index contributed by atoms with van der Waals surface area (Å²) in [7, 11) is -3.57. The number of hydrogen-bond donors (Lipinski definition) is 1. The molecule has 3 atom stereocenters. The van der Waals surface area contributed by atoms with Gasteiger partial charge in [-0.3, -0.25) is 0 Å². The molecular weight excluding hydrogens is 372 g/mol. The van der Waals surface area contributed by atoms with E-state index < -0.39 is 10.0 Å². The fourth-order valence-electron chi connectivity index (χ4n) is 3.99. The Morgan fingerprint density at radius 1 is 1.00 bits per heavy atom. The minimum absolute atomic E-state index is 0.00696. The number of rotatable bonds is 5. The molecule has 2 aliphatic rings. The molecule has 4 rings (SSSR count). The van der Waals surface area contributed by atoms with Crippen molar-refractivity contribution in [2.45, 2.75) is 49.6 Å². The van der Waals surface area contributed by atoms with Gasteiger partial charge in [-0.2, -0.15) is 0 Å². The zero-order valence-corrected chi connectivity index (χ0v) is 16.9. The summed E-state index contributed by atoms with van der Waals surface area (Å²) in [6.45, 7) is 2.47. The van der Waals surface area contributed by atoms with E-state index in [1.165, 1.54) is 0 Å². The molecular formula is C22H26N2O3S. The number of sulfonamides is 1. The lowest BCUT2D eigenvalue weighted by Crippen LogP contribution is -2.45. The molecule has 0 radical (unpaired) electrons. The number of aliphatic imine (C=N–C) groups is 1. The van der Waals surface area contributed by atoms with Crippen LogP contribution in [0.25, 0.3) is 0 Å². The predicted octanol–water partition coefficient (Wildman–Crippen LogP) is 4.00. The monoisotopic (exact) mass is 398 g/mol. The Morgan fingerprint density at radius 3 is 2.46 bits per heavy atom. The molecule has 2 aromatic rings. The molecule has 1 aliphatic carbocycles. The minimum Gasteiger partial charge on any atom is -0.478 e. The molecule has 2 aromatic carbocycles. The molecule has 0 unspecified atom stereocenters. The van der Waals surface area contributed by atoms with Gasteiger partial charge in [-0.05, 0) is 37.5 Å². The molecule has 1 aliphatic heterocycles. The molecule has 1 heterocycles. The van der Waals surface area contributed by atoms with Gasteiger partial charge in [0.05, 0.1) is 10.8 Å². The van der Waals surface area contributed by atoms with E-state index in [1.54, 1.807) is 12.1 Å². The van der Waals surface area contributed by atoms with Crippen LogP contribution in [0.2, 0.25) is 0 Å². The van der Waals surface area contributed by atoms with Crippen molar-refractivity contribution in [3.63, 3.8) is 0 Å². The average molecular weight is 399 g/mol. The molecule has 1 fully saturated rings. The van der Waals surface area contributed by atoms with Crippen LogP contribution in [0.5, 0.6) is 0 Å². The summed E-state index contributed by atoms with van der Waals surface area (Å²) in [6.07, 6.45) is 3.76. The first-order valence-electron chi connectivity index (χ1n) is 9.87. The van der Waals surface area contributed by atoms with Crippen LogP contribution in [0.15, 0.2) is 64.5 Å². The molecule has 0 spiro atoms. The van der Waals surface area contributed by atoms with E-state index in [2.05, 4.69) is 16.9 Å². The van der Waals surface area contributed by atoms with Crippen molar-refractivity contribution in [3.8, 4) is 0 Å². The molecule has 1 saturated carbocycles. The number of benzene rings is 2. The van der Waals surface area contributed by atoms with Crippen molar-refractivity contribution in [3.05, 3.63) is 65.7 Å². The van der Waals surface area contributed by atoms with Crippen LogP contribution in [0.4, 0.5) is 0 Å². The second-order valence-corrected chi connectivity index (χ2v) is 9.35. The smallest absolute Gasteiger partial charge is 0.240 e. The van der Waals surface area contributed by atoms with Crippen molar-refractivity contribution in [1.29, 1.82) is 0 Å². The normalized spacial score (nSPS) is 25.2. The zero-order valence-electron chi connectivity index (χ0n) is 16.0. The van der Waals surface area contributed by atoms with Gasteiger partial charge < -0.3 is 4.74 Å². The van der Waals surface area contributed by atoms with E-state index in [1.807, 2.05) is 37.3 Å². The van der Waals surface area contributed by atoms with Crippen molar-refractivity contribution >= 4 is 15.9 Å². The van der Waals surface area contributed by atoms with E-state index in [4.69, 9.17) is 9.73 Å². The first-order chi connectivity index (χ1) is 13.5. The van der Waals surface area contributed by atoms with Crippen molar-refractivity contribution < 1.29 is 13.2 Å². The predicted molar refractivity (Wildman–Crippen MR) is 110 cm³/mol. The van der Waals surface area contributed by atoms with Crippen LogP contribution < -0.4 is 4.72 Å². The van der Waals surface area contributed by atoms with Crippen LogP contribution in [-0.4, -0.2) is 27.0 Å². The van der Waals surface area contributed by atoms with E-state index in [-0.39, 0.29) is 18.0 Å². The Bertz CT molecular complexity index is 940. The fourth-order valence-corrected chi connectivity index (χ4v) is 5.30. The third kappa shape index (κ3) is 4.13. The SMILES string of the molecule is Cc1ccc(S(=O)(=O)N[C@@H]2CCCC[C@H]2C2=N[C@@H](c3ccccc3)CO2)cc1. The highest BCUT2D eigenvalue weighted by Crippen LogP contribution is 2.32. The van der Waals surface area contributed by atoms with Crippen molar-refractivity contribution in [2.24, 2.45) is 10.9 Å². The van der Waals surface area contributed by atoms with Crippen LogP contribution in [0.3, 0.4) is 0 Å². The van der Waals surface area contributed by atoms with E-state index in [0.717, 1.165) is 36.8 Å². The standard InChI is InChI=1S/C22H26N2O3S/c1-16-11-13-18(14-12-16)28(25,26)24-20-10-6-5-9-19(20)22-23-21(15-27-22)17-7-3-2-4-8-17/h2-4,7-8,11-14,19-21,24H,5-6,9-10,15H2,1H3/t19-,20-,21-/m1/s1. The maximum atomic E-state index is 12.9. The Labute approximate surface area is 166 Å². The highest BCUT2D eigenvalue weighted by Gasteiger charge is 2.36. The Hall–Kier alpha value is -2.18. The molecule has 5 nitrogen and oxygen atoms in total. The molecule has 148 valence electrons. The highest BCUT2D eigenvalue weighted by atomic mass is 32.2. The van der Waals surface area contributed by atoms with E-state index >= 15 is 0 Å². The second kappa shape index (κ2) is 8.05. The van der Waals surface area contributed by atoms with Crippen LogP contribution in [-0.2, 0) is 14.8 Å². The van der Waals surface area contributed by atoms with Crippen LogP contribution in [0.1, 0.15) is 42.9 Å². The van der Waals surface area contributed by atoms with Crippen molar-refractivity contribution in [1.82, 2.24) is 4.72 Å². The Kier molecular flexibility index (Phi) is 5.51. The van der Waals surface area contributed by atoms with Gasteiger partial charge >= 0.3 is 0 Å². The van der Waals surface area contributed by atoms with Gasteiger partial charge in [0.15, 0.2) is 5.90 Å². The van der Waals surface area contributed by atoms with Gasteiger partial charge in [-0.25, -0.2) is 18.1 Å². The van der Waals surface area contributed by atoms with Crippen molar-refractivity contribution in [2.75, 3.05) is 6.61 Å². The van der Waals surface area contributed by atoms with Gasteiger partial charge in [0.2, 0.25) is 10.0 Å². The summed E-state index contributed by atoms with van der Waals surface area (Å²) in [5.41, 5.74) is 2.17. The van der Waals surface area contributed by atoms with E-state index in [9.17, 15) is 8.42 Å². The summed E-state index contributed by atoms with van der Waals surface area (Å²) in [6, 6.07) is 16.9. The number of aryl methyl sites for hydroxylation is 1. The number of hydrogen-bond acceptors (Lipinski definition) is 4. The summed E-state index contributed by atoms with van der Waals surface area (Å²) in [5, 5.41) is 0.